The molecule has 0 aliphatic carbocycles. The van der Waals surface area contributed by atoms with Crippen molar-refractivity contribution in [1.29, 1.82) is 0 Å². The van der Waals surface area contributed by atoms with E-state index in [1.807, 2.05) is 17.5 Å². The largest absolute Gasteiger partial charge is 0.309 e. The molecule has 1 aromatic carbocycles. The van der Waals surface area contributed by atoms with Crippen LogP contribution in [0.4, 0.5) is 8.78 Å². The van der Waals surface area contributed by atoms with Crippen molar-refractivity contribution in [2.24, 2.45) is 0 Å². The summed E-state index contributed by atoms with van der Waals surface area (Å²) in [6.45, 7) is 1.37. The smallest absolute Gasteiger partial charge is 0.263 e. The van der Waals surface area contributed by atoms with Crippen LogP contribution in [0.2, 0.25) is 0 Å². The number of halogens is 2. The average molecular weight is 253 g/mol. The maximum atomic E-state index is 12.5. The Balaban J connectivity index is 1.88. The fraction of sp³-hybridized carbons (Fsp3) is 0.231. The summed E-state index contributed by atoms with van der Waals surface area (Å²) in [7, 11) is 0. The third-order valence-electron chi connectivity index (χ3n) is 2.44. The summed E-state index contributed by atoms with van der Waals surface area (Å²) in [5.41, 5.74) is 2.19. The van der Waals surface area contributed by atoms with Gasteiger partial charge in [0.15, 0.2) is 0 Å². The third-order valence-corrected chi connectivity index (χ3v) is 3.17. The van der Waals surface area contributed by atoms with E-state index in [0.29, 0.717) is 6.54 Å². The molecule has 4 heteroatoms. The highest BCUT2D eigenvalue weighted by atomic mass is 32.1. The Morgan fingerprint density at radius 2 is 1.94 bits per heavy atom. The predicted molar refractivity (Wildman–Crippen MR) is 66.3 cm³/mol. The zero-order chi connectivity index (χ0) is 12.1. The van der Waals surface area contributed by atoms with E-state index in [1.54, 1.807) is 23.5 Å². The van der Waals surface area contributed by atoms with E-state index < -0.39 is 6.43 Å². The van der Waals surface area contributed by atoms with Crippen molar-refractivity contribution in [1.82, 2.24) is 5.32 Å². The highest BCUT2D eigenvalue weighted by Gasteiger charge is 2.06. The monoisotopic (exact) mass is 253 g/mol. The van der Waals surface area contributed by atoms with Crippen molar-refractivity contribution < 1.29 is 8.78 Å². The summed E-state index contributed by atoms with van der Waals surface area (Å²) in [5.74, 6) is 0. The lowest BCUT2D eigenvalue weighted by Crippen LogP contribution is -2.12. The molecule has 0 aliphatic rings. The lowest BCUT2D eigenvalue weighted by Gasteiger charge is -2.06. The Bertz CT molecular complexity index is 454. The van der Waals surface area contributed by atoms with E-state index >= 15 is 0 Å². The molecule has 90 valence electrons. The second-order valence-electron chi connectivity index (χ2n) is 3.78. The van der Waals surface area contributed by atoms with Crippen molar-refractivity contribution in [2.75, 3.05) is 0 Å². The summed E-state index contributed by atoms with van der Waals surface area (Å²) >= 11 is 1.65. The molecule has 0 aliphatic heterocycles. The molecule has 0 atom stereocenters. The molecule has 17 heavy (non-hydrogen) atoms. The van der Waals surface area contributed by atoms with E-state index in [2.05, 4.69) is 10.7 Å². The van der Waals surface area contributed by atoms with Gasteiger partial charge in [0, 0.05) is 18.7 Å². The van der Waals surface area contributed by atoms with Crippen molar-refractivity contribution >= 4 is 11.3 Å². The summed E-state index contributed by atoms with van der Waals surface area (Å²) < 4.78 is 24.9. The van der Waals surface area contributed by atoms with Crippen molar-refractivity contribution in [3.8, 4) is 0 Å². The van der Waals surface area contributed by atoms with E-state index in [0.717, 1.165) is 12.1 Å². The minimum absolute atomic E-state index is 0.0832. The van der Waals surface area contributed by atoms with Crippen LogP contribution in [0, 0.1) is 0 Å². The van der Waals surface area contributed by atoms with Gasteiger partial charge in [-0.25, -0.2) is 8.78 Å². The molecule has 0 radical (unpaired) electrons. The molecular formula is C13H13F2NS. The lowest BCUT2D eigenvalue weighted by molar-refractivity contribution is 0.151. The summed E-state index contributed by atoms with van der Waals surface area (Å²) in [5, 5.41) is 7.33. The fourth-order valence-corrected chi connectivity index (χ4v) is 2.25. The minimum Gasteiger partial charge on any atom is -0.309 e. The maximum Gasteiger partial charge on any atom is 0.263 e. The van der Waals surface area contributed by atoms with Crippen molar-refractivity contribution in [3.05, 3.63) is 57.8 Å². The fourth-order valence-electron chi connectivity index (χ4n) is 1.58. The van der Waals surface area contributed by atoms with E-state index in [-0.39, 0.29) is 5.56 Å². The van der Waals surface area contributed by atoms with Gasteiger partial charge in [0.05, 0.1) is 0 Å². The van der Waals surface area contributed by atoms with E-state index in [4.69, 9.17) is 0 Å². The van der Waals surface area contributed by atoms with Gasteiger partial charge < -0.3 is 5.32 Å². The van der Waals surface area contributed by atoms with Crippen LogP contribution < -0.4 is 5.32 Å². The second-order valence-corrected chi connectivity index (χ2v) is 4.56. The van der Waals surface area contributed by atoms with Gasteiger partial charge in [-0.05, 0) is 34.0 Å². The van der Waals surface area contributed by atoms with Gasteiger partial charge in [0.25, 0.3) is 6.43 Å². The first kappa shape index (κ1) is 12.2. The molecular weight excluding hydrogens is 240 g/mol. The molecule has 0 unspecified atom stereocenters. The molecule has 2 aromatic rings. The first-order valence-corrected chi connectivity index (χ1v) is 6.29. The van der Waals surface area contributed by atoms with Crippen LogP contribution in [-0.4, -0.2) is 0 Å². The molecule has 0 spiro atoms. The Morgan fingerprint density at radius 1 is 1.12 bits per heavy atom. The first-order chi connectivity index (χ1) is 8.25. The predicted octanol–water partition coefficient (Wildman–Crippen LogP) is 3.98. The molecule has 0 amide bonds. The molecule has 0 fully saturated rings. The van der Waals surface area contributed by atoms with Crippen LogP contribution >= 0.6 is 11.3 Å². The van der Waals surface area contributed by atoms with Crippen LogP contribution in [0.3, 0.4) is 0 Å². The number of hydrogen-bond donors (Lipinski definition) is 1. The highest BCUT2D eigenvalue weighted by Crippen LogP contribution is 2.19. The molecule has 1 aromatic heterocycles. The van der Waals surface area contributed by atoms with Crippen LogP contribution in [0.25, 0.3) is 0 Å². The van der Waals surface area contributed by atoms with Gasteiger partial charge in [-0.15, -0.1) is 0 Å². The van der Waals surface area contributed by atoms with Crippen molar-refractivity contribution in [3.63, 3.8) is 0 Å². The Hall–Kier alpha value is -1.26. The molecule has 0 saturated heterocycles. The van der Waals surface area contributed by atoms with Gasteiger partial charge >= 0.3 is 0 Å². The SMILES string of the molecule is FC(F)c1cccc(CNCc2ccsc2)c1. The Labute approximate surface area is 103 Å². The average Bonchev–Trinajstić information content (AvgIpc) is 2.82. The number of hydrogen-bond acceptors (Lipinski definition) is 2. The van der Waals surface area contributed by atoms with Crippen LogP contribution in [0.5, 0.6) is 0 Å². The highest BCUT2D eigenvalue weighted by molar-refractivity contribution is 7.07. The van der Waals surface area contributed by atoms with E-state index in [1.165, 1.54) is 11.6 Å². The zero-order valence-electron chi connectivity index (χ0n) is 9.20. The summed E-state index contributed by atoms with van der Waals surface area (Å²) in [4.78, 5) is 0. The normalized spacial score (nSPS) is 11.0. The zero-order valence-corrected chi connectivity index (χ0v) is 10.0. The number of thiophene rings is 1. The standard InChI is InChI=1S/C13H13F2NS/c14-13(15)12-3-1-2-10(6-12)7-16-8-11-4-5-17-9-11/h1-6,9,13,16H,7-8H2. The maximum absolute atomic E-state index is 12.5. The molecule has 0 bridgehead atoms. The number of rotatable bonds is 5. The van der Waals surface area contributed by atoms with Crippen LogP contribution in [0.15, 0.2) is 41.1 Å². The van der Waals surface area contributed by atoms with Gasteiger partial charge in [-0.1, -0.05) is 18.2 Å². The number of nitrogens with one attached hydrogen (secondary N) is 1. The second kappa shape index (κ2) is 5.89. The molecule has 1 heterocycles. The molecule has 1 nitrogen and oxygen atoms in total. The van der Waals surface area contributed by atoms with Crippen LogP contribution in [-0.2, 0) is 13.1 Å². The summed E-state index contributed by atoms with van der Waals surface area (Å²) in [6, 6.07) is 8.57. The minimum atomic E-state index is -2.40. The Morgan fingerprint density at radius 3 is 2.65 bits per heavy atom. The van der Waals surface area contributed by atoms with Gasteiger partial charge in [0.1, 0.15) is 0 Å². The third kappa shape index (κ3) is 3.61. The number of alkyl halides is 2. The molecule has 2 rings (SSSR count). The molecule has 0 saturated carbocycles. The Kier molecular flexibility index (Phi) is 4.23. The first-order valence-electron chi connectivity index (χ1n) is 5.34. The lowest BCUT2D eigenvalue weighted by atomic mass is 10.1. The molecule has 1 N–H and O–H groups in total. The van der Waals surface area contributed by atoms with Gasteiger partial charge in [0.2, 0.25) is 0 Å². The number of benzene rings is 1. The van der Waals surface area contributed by atoms with E-state index in [9.17, 15) is 8.78 Å². The van der Waals surface area contributed by atoms with Gasteiger partial charge in [-0.2, -0.15) is 11.3 Å². The topological polar surface area (TPSA) is 12.0 Å². The van der Waals surface area contributed by atoms with Gasteiger partial charge in [-0.3, -0.25) is 0 Å². The van der Waals surface area contributed by atoms with Crippen LogP contribution in [0.1, 0.15) is 23.1 Å². The summed E-state index contributed by atoms with van der Waals surface area (Å²) in [6.07, 6.45) is -2.40. The quantitative estimate of drug-likeness (QED) is 0.850. The van der Waals surface area contributed by atoms with Crippen molar-refractivity contribution in [2.45, 2.75) is 19.5 Å².